The molecule has 0 spiro atoms. The molecule has 0 saturated heterocycles. The van der Waals surface area contributed by atoms with Crippen LogP contribution in [0.5, 0.6) is 11.6 Å². The van der Waals surface area contributed by atoms with Crippen molar-refractivity contribution >= 4 is 33.1 Å². The molecule has 1 amide bonds. The third-order valence-corrected chi connectivity index (χ3v) is 6.92. The van der Waals surface area contributed by atoms with Crippen LogP contribution in [0.1, 0.15) is 40.8 Å². The topological polar surface area (TPSA) is 73.8 Å². The number of aromatic nitrogens is 2. The van der Waals surface area contributed by atoms with Crippen LogP contribution in [0.15, 0.2) is 24.3 Å². The van der Waals surface area contributed by atoms with Crippen LogP contribution in [0.4, 0.5) is 5.69 Å². The van der Waals surface area contributed by atoms with Gasteiger partial charge in [-0.15, -0.1) is 11.3 Å². The standard InChI is InChI=1S/C23H27N3O4S/c1-13-19-21(30-5)24-18(12-28-3)25-22(19)31-20(13)23(27)26(14(2)15-6-7-15)16-8-10-17(29-4)11-9-16/h8-11,14-15H,6-7,12H2,1-5H3. The fourth-order valence-electron chi connectivity index (χ4n) is 3.87. The minimum absolute atomic E-state index is 0.0274. The molecule has 0 aliphatic heterocycles. The molecule has 1 aliphatic rings. The first kappa shape index (κ1) is 21.5. The lowest BCUT2D eigenvalue weighted by atomic mass is 10.1. The van der Waals surface area contributed by atoms with Gasteiger partial charge < -0.3 is 19.1 Å². The molecule has 0 N–H and O–H groups in total. The van der Waals surface area contributed by atoms with Crippen molar-refractivity contribution in [3.05, 3.63) is 40.5 Å². The second-order valence-electron chi connectivity index (χ2n) is 7.77. The molecule has 1 saturated carbocycles. The number of hydrogen-bond donors (Lipinski definition) is 0. The normalized spacial score (nSPS) is 14.5. The lowest BCUT2D eigenvalue weighted by Crippen LogP contribution is -2.40. The number of thiophene rings is 1. The molecule has 8 heteroatoms. The molecule has 4 rings (SSSR count). The average molecular weight is 442 g/mol. The summed E-state index contributed by atoms with van der Waals surface area (Å²) in [5, 5.41) is 0.782. The van der Waals surface area contributed by atoms with Gasteiger partial charge in [0, 0.05) is 18.8 Å². The van der Waals surface area contributed by atoms with Gasteiger partial charge >= 0.3 is 0 Å². The number of carbonyl (C=O) groups is 1. The first-order valence-corrected chi connectivity index (χ1v) is 11.1. The second kappa shape index (κ2) is 8.80. The van der Waals surface area contributed by atoms with Crippen molar-refractivity contribution in [2.45, 2.75) is 39.3 Å². The van der Waals surface area contributed by atoms with Crippen molar-refractivity contribution in [2.75, 3.05) is 26.2 Å². The van der Waals surface area contributed by atoms with E-state index < -0.39 is 0 Å². The van der Waals surface area contributed by atoms with Crippen molar-refractivity contribution in [1.29, 1.82) is 0 Å². The van der Waals surface area contributed by atoms with Gasteiger partial charge in [-0.1, -0.05) is 0 Å². The number of benzene rings is 1. The monoisotopic (exact) mass is 441 g/mol. The third-order valence-electron chi connectivity index (χ3n) is 5.75. The molecule has 164 valence electrons. The Kier molecular flexibility index (Phi) is 6.11. The van der Waals surface area contributed by atoms with Crippen LogP contribution in [0.25, 0.3) is 10.2 Å². The van der Waals surface area contributed by atoms with Crippen LogP contribution >= 0.6 is 11.3 Å². The van der Waals surface area contributed by atoms with E-state index in [4.69, 9.17) is 14.2 Å². The molecule has 0 radical (unpaired) electrons. The third kappa shape index (κ3) is 4.09. The summed E-state index contributed by atoms with van der Waals surface area (Å²) in [4.78, 5) is 26.2. The maximum absolute atomic E-state index is 13.9. The Morgan fingerprint density at radius 1 is 1.16 bits per heavy atom. The SMILES string of the molecule is COCc1nc(OC)c2c(C)c(C(=O)N(c3ccc(OC)cc3)C(C)C3CC3)sc2n1. The van der Waals surface area contributed by atoms with Crippen molar-refractivity contribution in [3.8, 4) is 11.6 Å². The van der Waals surface area contributed by atoms with Gasteiger partial charge in [-0.25, -0.2) is 4.98 Å². The molecule has 31 heavy (non-hydrogen) atoms. The highest BCUT2D eigenvalue weighted by molar-refractivity contribution is 7.20. The average Bonchev–Trinajstić information content (AvgIpc) is 3.58. The number of methoxy groups -OCH3 is 3. The Balaban J connectivity index is 1.79. The zero-order valence-corrected chi connectivity index (χ0v) is 19.3. The molecule has 1 fully saturated rings. The summed E-state index contributed by atoms with van der Waals surface area (Å²) in [6.07, 6.45) is 2.29. The van der Waals surface area contributed by atoms with E-state index in [-0.39, 0.29) is 18.6 Å². The Morgan fingerprint density at radius 2 is 1.87 bits per heavy atom. The van der Waals surface area contributed by atoms with Gasteiger partial charge in [-0.2, -0.15) is 4.98 Å². The highest BCUT2D eigenvalue weighted by atomic mass is 32.1. The van der Waals surface area contributed by atoms with Crippen LogP contribution < -0.4 is 14.4 Å². The Labute approximate surface area is 186 Å². The van der Waals surface area contributed by atoms with E-state index in [1.54, 1.807) is 21.3 Å². The molecular weight excluding hydrogens is 414 g/mol. The smallest absolute Gasteiger partial charge is 0.268 e. The summed E-state index contributed by atoms with van der Waals surface area (Å²) >= 11 is 1.38. The number of anilines is 1. The van der Waals surface area contributed by atoms with Gasteiger partial charge in [-0.3, -0.25) is 4.79 Å². The molecule has 3 aromatic rings. The predicted octanol–water partition coefficient (Wildman–Crippen LogP) is 4.61. The summed E-state index contributed by atoms with van der Waals surface area (Å²) in [7, 11) is 4.81. The van der Waals surface area contributed by atoms with E-state index >= 15 is 0 Å². The maximum Gasteiger partial charge on any atom is 0.268 e. The van der Waals surface area contributed by atoms with Gasteiger partial charge in [-0.05, 0) is 62.4 Å². The van der Waals surface area contributed by atoms with Crippen molar-refractivity contribution < 1.29 is 19.0 Å². The first-order valence-electron chi connectivity index (χ1n) is 10.3. The van der Waals surface area contributed by atoms with E-state index in [0.717, 1.165) is 40.1 Å². The number of nitrogens with zero attached hydrogens (tertiary/aromatic N) is 3. The lowest BCUT2D eigenvalue weighted by Gasteiger charge is -2.29. The number of aryl methyl sites for hydroxylation is 1. The Bertz CT molecular complexity index is 1090. The number of rotatable bonds is 8. The van der Waals surface area contributed by atoms with E-state index in [0.29, 0.717) is 22.5 Å². The summed E-state index contributed by atoms with van der Waals surface area (Å²) in [5.41, 5.74) is 1.70. The summed E-state index contributed by atoms with van der Waals surface area (Å²) in [5.74, 6) is 2.25. The van der Waals surface area contributed by atoms with E-state index in [1.165, 1.54) is 11.3 Å². The molecule has 1 atom stereocenters. The summed E-state index contributed by atoms with van der Waals surface area (Å²) < 4.78 is 16.0. The van der Waals surface area contributed by atoms with Crippen LogP contribution in [0.3, 0.4) is 0 Å². The quantitative estimate of drug-likeness (QED) is 0.508. The predicted molar refractivity (Wildman–Crippen MR) is 121 cm³/mol. The van der Waals surface area contributed by atoms with Gasteiger partial charge in [0.15, 0.2) is 5.82 Å². The zero-order valence-electron chi connectivity index (χ0n) is 18.5. The number of hydrogen-bond acceptors (Lipinski definition) is 7. The number of amides is 1. The highest BCUT2D eigenvalue weighted by Gasteiger charge is 2.37. The molecular formula is C23H27N3O4S. The minimum atomic E-state index is -0.0274. The highest BCUT2D eigenvalue weighted by Crippen LogP contribution is 2.40. The molecule has 7 nitrogen and oxygen atoms in total. The van der Waals surface area contributed by atoms with Crippen molar-refractivity contribution in [2.24, 2.45) is 5.92 Å². The molecule has 0 bridgehead atoms. The lowest BCUT2D eigenvalue weighted by molar-refractivity contribution is 0.0979. The van der Waals surface area contributed by atoms with Gasteiger partial charge in [0.2, 0.25) is 5.88 Å². The number of ether oxygens (including phenoxy) is 3. The summed E-state index contributed by atoms with van der Waals surface area (Å²) in [6.45, 7) is 4.34. The number of fused-ring (bicyclic) bond motifs is 1. The molecule has 1 aliphatic carbocycles. The van der Waals surface area contributed by atoms with E-state index in [9.17, 15) is 4.79 Å². The second-order valence-corrected chi connectivity index (χ2v) is 8.77. The fourth-order valence-corrected chi connectivity index (χ4v) is 5.00. The summed E-state index contributed by atoms with van der Waals surface area (Å²) in [6, 6.07) is 7.75. The van der Waals surface area contributed by atoms with Gasteiger partial charge in [0.25, 0.3) is 5.91 Å². The molecule has 2 heterocycles. The van der Waals surface area contributed by atoms with Crippen LogP contribution in [0.2, 0.25) is 0 Å². The van der Waals surface area contributed by atoms with Gasteiger partial charge in [0.1, 0.15) is 17.2 Å². The number of carbonyl (C=O) groups excluding carboxylic acids is 1. The van der Waals surface area contributed by atoms with Crippen LogP contribution in [-0.2, 0) is 11.3 Å². The van der Waals surface area contributed by atoms with Crippen molar-refractivity contribution in [1.82, 2.24) is 9.97 Å². The first-order chi connectivity index (χ1) is 15.0. The Hall–Kier alpha value is -2.71. The molecule has 1 aromatic carbocycles. The van der Waals surface area contributed by atoms with E-state index in [1.807, 2.05) is 36.1 Å². The Morgan fingerprint density at radius 3 is 2.45 bits per heavy atom. The van der Waals surface area contributed by atoms with Crippen LogP contribution in [0, 0.1) is 12.8 Å². The van der Waals surface area contributed by atoms with E-state index in [2.05, 4.69) is 16.9 Å². The zero-order chi connectivity index (χ0) is 22.1. The van der Waals surface area contributed by atoms with Crippen LogP contribution in [-0.4, -0.2) is 43.2 Å². The maximum atomic E-state index is 13.9. The fraction of sp³-hybridized carbons (Fsp3) is 0.435. The van der Waals surface area contributed by atoms with Gasteiger partial charge in [0.05, 0.1) is 24.5 Å². The largest absolute Gasteiger partial charge is 0.497 e. The minimum Gasteiger partial charge on any atom is -0.497 e. The molecule has 2 aromatic heterocycles. The van der Waals surface area contributed by atoms with Crippen molar-refractivity contribution in [3.63, 3.8) is 0 Å². The molecule has 1 unspecified atom stereocenters.